The van der Waals surface area contributed by atoms with Gasteiger partial charge in [0.2, 0.25) is 0 Å². The lowest BCUT2D eigenvalue weighted by molar-refractivity contribution is -0.151. The monoisotopic (exact) mass is 138 g/mol. The van der Waals surface area contributed by atoms with Gasteiger partial charge in [0, 0.05) is 6.92 Å². The van der Waals surface area contributed by atoms with Gasteiger partial charge in [-0.3, -0.25) is 4.79 Å². The molecule has 48 valence electrons. The van der Waals surface area contributed by atoms with Crippen LogP contribution >= 0.6 is 11.6 Å². The van der Waals surface area contributed by atoms with Gasteiger partial charge in [-0.15, -0.1) is 0 Å². The maximum atomic E-state index is 9.97. The average Bonchev–Trinajstić information content (AvgIpc) is 1.66. The van der Waals surface area contributed by atoms with Gasteiger partial charge >= 0.3 is 5.97 Å². The van der Waals surface area contributed by atoms with Gasteiger partial charge in [0.15, 0.2) is 6.79 Å². The second-order valence-corrected chi connectivity index (χ2v) is 1.29. The predicted molar refractivity (Wildman–Crippen MR) is 28.4 cm³/mol. The summed E-state index contributed by atoms with van der Waals surface area (Å²) in [4.78, 5) is 9.97. The topological polar surface area (TPSA) is 35.5 Å². The first-order valence-electron chi connectivity index (χ1n) is 2.04. The molecule has 0 spiro atoms. The first-order valence-corrected chi connectivity index (χ1v) is 2.58. The van der Waals surface area contributed by atoms with Crippen molar-refractivity contribution in [3.05, 3.63) is 0 Å². The highest BCUT2D eigenvalue weighted by atomic mass is 35.5. The predicted octanol–water partition coefficient (Wildman–Crippen LogP) is 0.720. The number of carbonyl (C=O) groups is 1. The highest BCUT2D eigenvalue weighted by molar-refractivity contribution is 6.17. The van der Waals surface area contributed by atoms with Crippen molar-refractivity contribution in [1.82, 2.24) is 0 Å². The fourth-order valence-electron chi connectivity index (χ4n) is 0.156. The van der Waals surface area contributed by atoms with Gasteiger partial charge in [-0.05, 0) is 0 Å². The summed E-state index contributed by atoms with van der Waals surface area (Å²) in [7, 11) is 0. The molecule has 3 nitrogen and oxygen atoms in total. The lowest BCUT2D eigenvalue weighted by atomic mass is 10.8. The highest BCUT2D eigenvalue weighted by Gasteiger charge is 1.88. The number of rotatable bonds is 3. The van der Waals surface area contributed by atoms with E-state index in [0.29, 0.717) is 0 Å². The van der Waals surface area contributed by atoms with Crippen molar-refractivity contribution >= 4 is 17.6 Å². The van der Waals surface area contributed by atoms with Crippen molar-refractivity contribution in [3.8, 4) is 0 Å². The molecule has 0 radical (unpaired) electrons. The van der Waals surface area contributed by atoms with Gasteiger partial charge in [0.05, 0.1) is 0 Å². The summed E-state index contributed by atoms with van der Waals surface area (Å²) in [5.41, 5.74) is 0. The summed E-state index contributed by atoms with van der Waals surface area (Å²) >= 11 is 5.07. The summed E-state index contributed by atoms with van der Waals surface area (Å²) in [6, 6.07) is 0.0489. The first kappa shape index (κ1) is 7.72. The zero-order chi connectivity index (χ0) is 6.41. The third-order valence-corrected chi connectivity index (χ3v) is 0.577. The van der Waals surface area contributed by atoms with E-state index in [1.165, 1.54) is 6.92 Å². The Bertz CT molecular complexity index is 73.7. The summed E-state index contributed by atoms with van der Waals surface area (Å²) in [5.74, 6) is -0.366. The molecule has 0 aliphatic rings. The van der Waals surface area contributed by atoms with Crippen molar-refractivity contribution in [1.29, 1.82) is 0 Å². The number of carbonyl (C=O) groups excluding carboxylic acids is 1. The van der Waals surface area contributed by atoms with Crippen molar-refractivity contribution in [2.24, 2.45) is 0 Å². The Morgan fingerprint density at radius 3 is 2.75 bits per heavy atom. The van der Waals surface area contributed by atoms with E-state index in [-0.39, 0.29) is 18.8 Å². The van der Waals surface area contributed by atoms with Crippen LogP contribution in [-0.4, -0.2) is 18.8 Å². The van der Waals surface area contributed by atoms with Crippen LogP contribution in [0.3, 0.4) is 0 Å². The molecule has 0 rings (SSSR count). The minimum absolute atomic E-state index is 0.0489. The van der Waals surface area contributed by atoms with Gasteiger partial charge in [0.1, 0.15) is 6.07 Å². The molecule has 0 aliphatic carbocycles. The summed E-state index contributed by atoms with van der Waals surface area (Å²) in [6.45, 7) is 1.25. The van der Waals surface area contributed by atoms with E-state index in [1.807, 2.05) is 0 Å². The Balaban J connectivity index is 2.82. The van der Waals surface area contributed by atoms with Crippen LogP contribution in [0.25, 0.3) is 0 Å². The van der Waals surface area contributed by atoms with Crippen LogP contribution < -0.4 is 0 Å². The summed E-state index contributed by atoms with van der Waals surface area (Å²) in [6.07, 6.45) is 0. The molecule has 0 amide bonds. The smallest absolute Gasteiger partial charge is 0.304 e. The van der Waals surface area contributed by atoms with Crippen LogP contribution in [0.2, 0.25) is 0 Å². The molecule has 0 aromatic carbocycles. The minimum atomic E-state index is -0.366. The Labute approximate surface area is 52.5 Å². The number of alkyl halides is 1. The Morgan fingerprint density at radius 2 is 2.38 bits per heavy atom. The molecular weight excluding hydrogens is 131 g/mol. The van der Waals surface area contributed by atoms with Gasteiger partial charge in [0.25, 0.3) is 0 Å². The van der Waals surface area contributed by atoms with Crippen molar-refractivity contribution in [3.63, 3.8) is 0 Å². The zero-order valence-corrected chi connectivity index (χ0v) is 5.27. The summed E-state index contributed by atoms with van der Waals surface area (Å²) in [5, 5.41) is 0. The molecular formula is C4H7ClO3. The molecule has 0 saturated heterocycles. The molecule has 0 aliphatic heterocycles. The Kier molecular flexibility index (Phi) is 4.70. The van der Waals surface area contributed by atoms with Crippen LogP contribution in [-0.2, 0) is 14.3 Å². The third-order valence-electron chi connectivity index (χ3n) is 0.423. The van der Waals surface area contributed by atoms with E-state index in [9.17, 15) is 4.79 Å². The van der Waals surface area contributed by atoms with Crippen molar-refractivity contribution in [2.45, 2.75) is 6.92 Å². The minimum Gasteiger partial charge on any atom is -0.439 e. The number of halogens is 1. The third kappa shape index (κ3) is 5.72. The van der Waals surface area contributed by atoms with Gasteiger partial charge < -0.3 is 9.47 Å². The average molecular weight is 139 g/mol. The van der Waals surface area contributed by atoms with Crippen molar-refractivity contribution < 1.29 is 14.3 Å². The van der Waals surface area contributed by atoms with Gasteiger partial charge in [-0.2, -0.15) is 0 Å². The van der Waals surface area contributed by atoms with Crippen LogP contribution in [0.5, 0.6) is 0 Å². The normalized spacial score (nSPS) is 8.75. The lowest BCUT2D eigenvalue weighted by Gasteiger charge is -1.97. The molecule has 0 aromatic heterocycles. The quantitative estimate of drug-likeness (QED) is 0.250. The van der Waals surface area contributed by atoms with E-state index in [2.05, 4.69) is 9.47 Å². The van der Waals surface area contributed by atoms with Crippen LogP contribution in [0, 0.1) is 0 Å². The van der Waals surface area contributed by atoms with Crippen LogP contribution in [0.15, 0.2) is 0 Å². The molecule has 8 heavy (non-hydrogen) atoms. The van der Waals surface area contributed by atoms with Gasteiger partial charge in [-0.25, -0.2) is 0 Å². The van der Waals surface area contributed by atoms with Crippen LogP contribution in [0.1, 0.15) is 6.92 Å². The van der Waals surface area contributed by atoms with E-state index in [0.717, 1.165) is 0 Å². The number of hydrogen-bond acceptors (Lipinski definition) is 3. The number of hydrogen-bond donors (Lipinski definition) is 0. The van der Waals surface area contributed by atoms with Crippen molar-refractivity contribution in [2.75, 3.05) is 12.9 Å². The van der Waals surface area contributed by atoms with Crippen LogP contribution in [0.4, 0.5) is 0 Å². The maximum Gasteiger partial charge on any atom is 0.304 e. The molecule has 4 heteroatoms. The van der Waals surface area contributed by atoms with E-state index in [1.54, 1.807) is 0 Å². The first-order chi connectivity index (χ1) is 3.77. The van der Waals surface area contributed by atoms with E-state index >= 15 is 0 Å². The molecule has 0 bridgehead atoms. The van der Waals surface area contributed by atoms with Gasteiger partial charge in [-0.1, -0.05) is 11.6 Å². The number of ether oxygens (including phenoxy) is 2. The fourth-order valence-corrected chi connectivity index (χ4v) is 0.219. The zero-order valence-electron chi connectivity index (χ0n) is 4.52. The molecule has 0 N–H and O–H groups in total. The lowest BCUT2D eigenvalue weighted by Crippen LogP contribution is -2.02. The second-order valence-electron chi connectivity index (χ2n) is 1.07. The number of esters is 1. The molecule has 0 heterocycles. The maximum absolute atomic E-state index is 9.97. The molecule has 0 fully saturated rings. The molecule has 0 aromatic rings. The summed E-state index contributed by atoms with van der Waals surface area (Å²) < 4.78 is 8.80. The van der Waals surface area contributed by atoms with E-state index < -0.39 is 0 Å². The largest absolute Gasteiger partial charge is 0.439 e. The highest BCUT2D eigenvalue weighted by Crippen LogP contribution is 1.80. The molecule has 0 atom stereocenters. The Morgan fingerprint density at radius 1 is 1.75 bits per heavy atom. The molecule has 0 unspecified atom stereocenters. The Hall–Kier alpha value is -0.280. The SMILES string of the molecule is CC(=O)OCOCCl. The van der Waals surface area contributed by atoms with E-state index in [4.69, 9.17) is 11.6 Å². The fraction of sp³-hybridized carbons (Fsp3) is 0.750. The standard InChI is InChI=1S/C4H7ClO3/c1-4(6)8-3-7-2-5/h2-3H2,1H3. The second kappa shape index (κ2) is 4.87. The molecule has 0 saturated carbocycles.